The van der Waals surface area contributed by atoms with E-state index in [1.54, 1.807) is 0 Å². The van der Waals surface area contributed by atoms with E-state index in [1.165, 1.54) is 19.3 Å². The van der Waals surface area contributed by atoms with Gasteiger partial charge in [-0.15, -0.1) is 12.4 Å². The molecule has 152 valence electrons. The van der Waals surface area contributed by atoms with Gasteiger partial charge < -0.3 is 15.4 Å². The lowest BCUT2D eigenvalue weighted by atomic mass is 9.65. The van der Waals surface area contributed by atoms with Gasteiger partial charge >= 0.3 is 0 Å². The largest absolute Gasteiger partial charge is 0.379 e. The van der Waals surface area contributed by atoms with E-state index in [9.17, 15) is 4.79 Å². The fraction of sp³-hybridized carbons (Fsp3) is 0.950. The van der Waals surface area contributed by atoms with Crippen LogP contribution >= 0.6 is 12.4 Å². The molecule has 2 unspecified atom stereocenters. The predicted molar refractivity (Wildman–Crippen MR) is 107 cm³/mol. The summed E-state index contributed by atoms with van der Waals surface area (Å²) in [4.78, 5) is 17.5. The highest BCUT2D eigenvalue weighted by atomic mass is 35.5. The molecule has 1 amide bonds. The molecule has 1 saturated heterocycles. The summed E-state index contributed by atoms with van der Waals surface area (Å²) in [5.41, 5.74) is 6.49. The van der Waals surface area contributed by atoms with Crippen molar-refractivity contribution in [2.75, 3.05) is 46.4 Å². The molecule has 0 aromatic heterocycles. The van der Waals surface area contributed by atoms with E-state index < -0.39 is 0 Å². The van der Waals surface area contributed by atoms with E-state index in [-0.39, 0.29) is 23.7 Å². The molecule has 2 bridgehead atoms. The zero-order chi connectivity index (χ0) is 18.0. The van der Waals surface area contributed by atoms with Gasteiger partial charge in [-0.05, 0) is 42.9 Å². The van der Waals surface area contributed by atoms with E-state index >= 15 is 0 Å². The van der Waals surface area contributed by atoms with E-state index in [1.807, 2.05) is 11.9 Å². The second-order valence-electron chi connectivity index (χ2n) is 9.44. The third kappa shape index (κ3) is 5.34. The summed E-state index contributed by atoms with van der Waals surface area (Å²) < 4.78 is 5.44. The maximum absolute atomic E-state index is 13.1. The molecule has 3 fully saturated rings. The Morgan fingerprint density at radius 1 is 1.19 bits per heavy atom. The number of rotatable bonds is 5. The first-order valence-corrected chi connectivity index (χ1v) is 10.2. The maximum atomic E-state index is 13.1. The number of carbonyl (C=O) groups is 1. The van der Waals surface area contributed by atoms with Crippen molar-refractivity contribution < 1.29 is 9.53 Å². The zero-order valence-electron chi connectivity index (χ0n) is 16.8. The molecule has 0 radical (unpaired) electrons. The average molecular weight is 388 g/mol. The van der Waals surface area contributed by atoms with E-state index in [2.05, 4.69) is 18.7 Å². The van der Waals surface area contributed by atoms with Crippen molar-refractivity contribution in [1.29, 1.82) is 0 Å². The minimum absolute atomic E-state index is 0. The van der Waals surface area contributed by atoms with Crippen molar-refractivity contribution in [3.05, 3.63) is 0 Å². The number of hydrogen-bond donors (Lipinski definition) is 1. The van der Waals surface area contributed by atoms with Gasteiger partial charge in [-0.3, -0.25) is 9.69 Å². The van der Waals surface area contributed by atoms with Crippen LogP contribution in [0.2, 0.25) is 0 Å². The van der Waals surface area contributed by atoms with Crippen molar-refractivity contribution in [3.63, 3.8) is 0 Å². The molecular weight excluding hydrogens is 350 g/mol. The third-order valence-electron chi connectivity index (χ3n) is 6.56. The molecule has 6 heteroatoms. The molecule has 2 atom stereocenters. The zero-order valence-corrected chi connectivity index (χ0v) is 17.6. The predicted octanol–water partition coefficient (Wildman–Crippen LogP) is 2.38. The van der Waals surface area contributed by atoms with Crippen LogP contribution in [-0.2, 0) is 9.53 Å². The van der Waals surface area contributed by atoms with Crippen LogP contribution in [0.25, 0.3) is 0 Å². The number of nitrogens with zero attached hydrogens (tertiary/aromatic N) is 2. The summed E-state index contributed by atoms with van der Waals surface area (Å²) in [5, 5.41) is 0. The normalized spacial score (nSPS) is 32.6. The highest BCUT2D eigenvalue weighted by Crippen LogP contribution is 2.42. The molecule has 2 saturated carbocycles. The van der Waals surface area contributed by atoms with Crippen molar-refractivity contribution in [1.82, 2.24) is 9.80 Å². The summed E-state index contributed by atoms with van der Waals surface area (Å²) in [5.74, 6) is 1.67. The monoisotopic (exact) mass is 387 g/mol. The standard InChI is InChI=1S/C20H37N3O2.ClH/c1-20(2,14-23-7-9-25-10-8-23)13-22(3)19(24)17-11-15-5-4-6-16(12-17)18(15)21;/h15-18H,4-14,21H2,1-3H3;1H. The Morgan fingerprint density at radius 3 is 2.35 bits per heavy atom. The van der Waals surface area contributed by atoms with Crippen LogP contribution in [0.5, 0.6) is 0 Å². The summed E-state index contributed by atoms with van der Waals surface area (Å²) in [7, 11) is 1.99. The Kier molecular flexibility index (Phi) is 7.78. The minimum Gasteiger partial charge on any atom is -0.379 e. The topological polar surface area (TPSA) is 58.8 Å². The van der Waals surface area contributed by atoms with Crippen LogP contribution in [0.15, 0.2) is 0 Å². The summed E-state index contributed by atoms with van der Waals surface area (Å²) in [6.07, 6.45) is 5.74. The Labute approximate surface area is 165 Å². The fourth-order valence-electron chi connectivity index (χ4n) is 5.44. The summed E-state index contributed by atoms with van der Waals surface area (Å²) >= 11 is 0. The Morgan fingerprint density at radius 2 is 1.77 bits per heavy atom. The lowest BCUT2D eigenvalue weighted by molar-refractivity contribution is -0.138. The number of fused-ring (bicyclic) bond motifs is 2. The molecule has 2 N–H and O–H groups in total. The molecule has 3 aliphatic rings. The van der Waals surface area contributed by atoms with Crippen molar-refractivity contribution >= 4 is 18.3 Å². The van der Waals surface area contributed by atoms with Crippen LogP contribution in [0.3, 0.4) is 0 Å². The van der Waals surface area contributed by atoms with Crippen LogP contribution < -0.4 is 5.73 Å². The highest BCUT2D eigenvalue weighted by molar-refractivity contribution is 5.85. The van der Waals surface area contributed by atoms with Gasteiger partial charge in [0.25, 0.3) is 0 Å². The van der Waals surface area contributed by atoms with Crippen molar-refractivity contribution in [3.8, 4) is 0 Å². The summed E-state index contributed by atoms with van der Waals surface area (Å²) in [6.45, 7) is 10.1. The Balaban J connectivity index is 0.00000243. The van der Waals surface area contributed by atoms with Gasteiger partial charge in [0.2, 0.25) is 5.91 Å². The molecule has 2 aliphatic carbocycles. The Hall–Kier alpha value is -0.360. The van der Waals surface area contributed by atoms with E-state index in [4.69, 9.17) is 10.5 Å². The van der Waals surface area contributed by atoms with Gasteiger partial charge in [0, 0.05) is 45.2 Å². The average Bonchev–Trinajstić information content (AvgIpc) is 2.54. The van der Waals surface area contributed by atoms with Gasteiger partial charge in [-0.25, -0.2) is 0 Å². The summed E-state index contributed by atoms with van der Waals surface area (Å²) in [6, 6.07) is 0.334. The first kappa shape index (κ1) is 21.9. The van der Waals surface area contributed by atoms with Crippen LogP contribution in [0, 0.1) is 23.2 Å². The number of halogens is 1. The van der Waals surface area contributed by atoms with Crippen molar-refractivity contribution in [2.45, 2.75) is 52.0 Å². The smallest absolute Gasteiger partial charge is 0.225 e. The van der Waals surface area contributed by atoms with Gasteiger partial charge in [-0.1, -0.05) is 20.3 Å². The first-order valence-electron chi connectivity index (χ1n) is 10.2. The molecule has 0 aromatic carbocycles. The van der Waals surface area contributed by atoms with Gasteiger partial charge in [0.1, 0.15) is 0 Å². The maximum Gasteiger partial charge on any atom is 0.225 e. The quantitative estimate of drug-likeness (QED) is 0.786. The molecule has 0 spiro atoms. The first-order chi connectivity index (χ1) is 11.9. The second-order valence-corrected chi connectivity index (χ2v) is 9.44. The highest BCUT2D eigenvalue weighted by Gasteiger charge is 2.41. The number of morpholine rings is 1. The molecular formula is C20H38ClN3O2. The van der Waals surface area contributed by atoms with E-state index in [0.29, 0.717) is 23.8 Å². The van der Waals surface area contributed by atoms with Crippen LogP contribution in [-0.4, -0.2) is 68.2 Å². The number of amides is 1. The molecule has 3 rings (SSSR count). The van der Waals surface area contributed by atoms with Gasteiger partial charge in [-0.2, -0.15) is 0 Å². The van der Waals surface area contributed by atoms with Crippen LogP contribution in [0.1, 0.15) is 46.0 Å². The molecule has 1 aliphatic heterocycles. The molecule has 0 aromatic rings. The van der Waals surface area contributed by atoms with Crippen molar-refractivity contribution in [2.24, 2.45) is 28.9 Å². The minimum atomic E-state index is 0. The van der Waals surface area contributed by atoms with E-state index in [0.717, 1.165) is 52.2 Å². The number of nitrogens with two attached hydrogens (primary N) is 1. The number of hydrogen-bond acceptors (Lipinski definition) is 4. The third-order valence-corrected chi connectivity index (χ3v) is 6.56. The molecule has 5 nitrogen and oxygen atoms in total. The Bertz CT molecular complexity index is 454. The fourth-order valence-corrected chi connectivity index (χ4v) is 5.44. The van der Waals surface area contributed by atoms with Crippen LogP contribution in [0.4, 0.5) is 0 Å². The SMILES string of the molecule is CN(CC(C)(C)CN1CCOCC1)C(=O)C1CC2CCCC(C1)C2N.Cl. The lowest BCUT2D eigenvalue weighted by Gasteiger charge is -2.45. The number of ether oxygens (including phenoxy) is 1. The molecule has 1 heterocycles. The lowest BCUT2D eigenvalue weighted by Crippen LogP contribution is -2.51. The second kappa shape index (κ2) is 9.22. The van der Waals surface area contributed by atoms with Gasteiger partial charge in [0.05, 0.1) is 13.2 Å². The molecule has 26 heavy (non-hydrogen) atoms. The number of carbonyl (C=O) groups excluding carboxylic acids is 1. The van der Waals surface area contributed by atoms with Gasteiger partial charge in [0.15, 0.2) is 0 Å².